The van der Waals surface area contributed by atoms with Crippen LogP contribution in [-0.2, 0) is 12.4 Å². The average molecular weight is 550 g/mol. The van der Waals surface area contributed by atoms with Crippen LogP contribution in [-0.4, -0.2) is 20.4 Å². The third-order valence-electron chi connectivity index (χ3n) is 3.99. The fourth-order valence-corrected chi connectivity index (χ4v) is 3.39. The Bertz CT molecular complexity index is 1120. The van der Waals surface area contributed by atoms with Crippen LogP contribution in [0.15, 0.2) is 66.7 Å². The highest BCUT2D eigenvalue weighted by atomic mass is 127. The molecule has 0 aliphatic heterocycles. The van der Waals surface area contributed by atoms with E-state index in [4.69, 9.17) is 0 Å². The van der Waals surface area contributed by atoms with Crippen LogP contribution >= 0.6 is 22.6 Å². The van der Waals surface area contributed by atoms with Gasteiger partial charge in [0.2, 0.25) is 0 Å². The molecule has 0 unspecified atom stereocenters. The standard InChI is InChI=1S/C10H6F3IN2.C10H7F3N2/c11-10(12,13)9-7(14)8(15-16-9)6-4-2-1-3-5-6;11-10(12,13)9-6-8(14-15-9)7-4-2-1-3-5-7/h1-5H,(H,15,16);1-6H,(H,14,15). The second kappa shape index (κ2) is 9.12. The molecule has 11 heteroatoms. The number of hydrogen-bond donors (Lipinski definition) is 2. The van der Waals surface area contributed by atoms with Crippen LogP contribution in [0.2, 0.25) is 0 Å². The summed E-state index contributed by atoms with van der Waals surface area (Å²) in [6.07, 6.45) is -8.77. The van der Waals surface area contributed by atoms with Gasteiger partial charge < -0.3 is 0 Å². The Balaban J connectivity index is 0.000000176. The van der Waals surface area contributed by atoms with Crippen LogP contribution in [0.3, 0.4) is 0 Å². The first-order chi connectivity index (χ1) is 14.6. The molecule has 4 rings (SSSR count). The molecule has 0 radical (unpaired) electrons. The molecular formula is C20H13F6IN4. The van der Waals surface area contributed by atoms with E-state index < -0.39 is 23.7 Å². The van der Waals surface area contributed by atoms with Gasteiger partial charge in [0.05, 0.1) is 9.26 Å². The van der Waals surface area contributed by atoms with Crippen molar-refractivity contribution in [3.05, 3.63) is 81.7 Å². The lowest BCUT2D eigenvalue weighted by Gasteiger charge is -2.03. The lowest BCUT2D eigenvalue weighted by atomic mass is 10.1. The van der Waals surface area contributed by atoms with Gasteiger partial charge in [0.25, 0.3) is 0 Å². The van der Waals surface area contributed by atoms with E-state index in [2.05, 4.69) is 10.2 Å². The van der Waals surface area contributed by atoms with Gasteiger partial charge in [-0.1, -0.05) is 60.7 Å². The van der Waals surface area contributed by atoms with E-state index in [1.54, 1.807) is 83.3 Å². The number of aromatic nitrogens is 4. The molecular weight excluding hydrogens is 537 g/mol. The summed E-state index contributed by atoms with van der Waals surface area (Å²) in [5.74, 6) is 0. The molecule has 2 aromatic carbocycles. The molecule has 162 valence electrons. The van der Waals surface area contributed by atoms with Crippen molar-refractivity contribution in [3.63, 3.8) is 0 Å². The Hall–Kier alpha value is -2.83. The van der Waals surface area contributed by atoms with Gasteiger partial charge in [-0.15, -0.1) is 0 Å². The molecule has 4 nitrogen and oxygen atoms in total. The SMILES string of the molecule is FC(F)(F)c1[nH]nc(-c2ccccc2)c1I.FC(F)(F)c1cc(-c2ccccc2)n[nH]1. The van der Waals surface area contributed by atoms with Crippen molar-refractivity contribution in [2.24, 2.45) is 0 Å². The second-order valence-corrected chi connectivity index (χ2v) is 7.23. The molecule has 2 N–H and O–H groups in total. The summed E-state index contributed by atoms with van der Waals surface area (Å²) in [6.45, 7) is 0. The normalized spacial score (nSPS) is 11.7. The number of hydrogen-bond acceptors (Lipinski definition) is 2. The van der Waals surface area contributed by atoms with Gasteiger partial charge in [0.1, 0.15) is 11.4 Å². The molecule has 0 atom stereocenters. The third-order valence-corrected chi connectivity index (χ3v) is 5.04. The zero-order valence-corrected chi connectivity index (χ0v) is 17.5. The van der Waals surface area contributed by atoms with Gasteiger partial charge in [-0.05, 0) is 28.7 Å². The number of H-pyrrole nitrogens is 2. The average Bonchev–Trinajstić information content (AvgIpc) is 3.37. The lowest BCUT2D eigenvalue weighted by Crippen LogP contribution is -2.07. The van der Waals surface area contributed by atoms with Crippen LogP contribution in [0, 0.1) is 3.57 Å². The second-order valence-electron chi connectivity index (χ2n) is 6.16. The quantitative estimate of drug-likeness (QED) is 0.213. The highest BCUT2D eigenvalue weighted by molar-refractivity contribution is 14.1. The maximum atomic E-state index is 12.5. The minimum absolute atomic E-state index is 0.0938. The first kappa shape index (κ1) is 22.8. The van der Waals surface area contributed by atoms with Crippen molar-refractivity contribution < 1.29 is 26.3 Å². The number of nitrogens with zero attached hydrogens (tertiary/aromatic N) is 2. The number of rotatable bonds is 2. The van der Waals surface area contributed by atoms with Gasteiger partial charge in [0, 0.05) is 11.1 Å². The molecule has 2 heterocycles. The fourth-order valence-electron chi connectivity index (χ4n) is 2.53. The molecule has 0 saturated heterocycles. The largest absolute Gasteiger partial charge is 0.433 e. The zero-order chi connectivity index (χ0) is 22.6. The molecule has 0 aliphatic carbocycles. The minimum Gasteiger partial charge on any atom is -0.273 e. The molecule has 0 bridgehead atoms. The van der Waals surface area contributed by atoms with Gasteiger partial charge in [-0.25, -0.2) is 0 Å². The number of alkyl halides is 6. The zero-order valence-electron chi connectivity index (χ0n) is 15.4. The van der Waals surface area contributed by atoms with Gasteiger partial charge in [0.15, 0.2) is 5.69 Å². The topological polar surface area (TPSA) is 57.4 Å². The predicted molar refractivity (Wildman–Crippen MR) is 111 cm³/mol. The van der Waals surface area contributed by atoms with Crippen molar-refractivity contribution in [1.29, 1.82) is 0 Å². The van der Waals surface area contributed by atoms with Gasteiger partial charge in [-0.3, -0.25) is 10.2 Å². The highest BCUT2D eigenvalue weighted by Crippen LogP contribution is 2.35. The van der Waals surface area contributed by atoms with E-state index in [0.29, 0.717) is 22.5 Å². The molecule has 0 amide bonds. The van der Waals surface area contributed by atoms with Crippen LogP contribution in [0.1, 0.15) is 11.4 Å². The molecule has 4 aromatic rings. The Kier molecular flexibility index (Phi) is 6.72. The maximum absolute atomic E-state index is 12.5. The van der Waals surface area contributed by atoms with Crippen molar-refractivity contribution in [2.75, 3.05) is 0 Å². The maximum Gasteiger partial charge on any atom is 0.433 e. The first-order valence-electron chi connectivity index (χ1n) is 8.62. The van der Waals surface area contributed by atoms with E-state index in [-0.39, 0.29) is 3.57 Å². The van der Waals surface area contributed by atoms with Crippen LogP contribution in [0.4, 0.5) is 26.3 Å². The summed E-state index contributed by atoms with van der Waals surface area (Å²) in [5.41, 5.74) is 0.313. The summed E-state index contributed by atoms with van der Waals surface area (Å²) >= 11 is 1.65. The van der Waals surface area contributed by atoms with Gasteiger partial charge >= 0.3 is 12.4 Å². The smallest absolute Gasteiger partial charge is 0.273 e. The lowest BCUT2D eigenvalue weighted by molar-refractivity contribution is -0.142. The van der Waals surface area contributed by atoms with E-state index >= 15 is 0 Å². The van der Waals surface area contributed by atoms with Crippen LogP contribution < -0.4 is 0 Å². The number of benzene rings is 2. The van der Waals surface area contributed by atoms with E-state index in [1.807, 2.05) is 10.2 Å². The molecule has 31 heavy (non-hydrogen) atoms. The molecule has 0 spiro atoms. The monoisotopic (exact) mass is 550 g/mol. The van der Waals surface area contributed by atoms with Crippen molar-refractivity contribution in [1.82, 2.24) is 20.4 Å². The summed E-state index contributed by atoms with van der Waals surface area (Å²) in [5, 5.41) is 11.3. The fraction of sp³-hybridized carbons (Fsp3) is 0.100. The van der Waals surface area contributed by atoms with Gasteiger partial charge in [-0.2, -0.15) is 36.5 Å². The Morgan fingerprint density at radius 2 is 1.23 bits per heavy atom. The molecule has 0 fully saturated rings. The Morgan fingerprint density at radius 3 is 1.68 bits per heavy atom. The first-order valence-corrected chi connectivity index (χ1v) is 9.69. The van der Waals surface area contributed by atoms with E-state index in [0.717, 1.165) is 6.07 Å². The summed E-state index contributed by atoms with van der Waals surface area (Å²) in [4.78, 5) is 0. The van der Waals surface area contributed by atoms with Crippen LogP contribution in [0.5, 0.6) is 0 Å². The molecule has 0 saturated carbocycles. The minimum atomic E-state index is -4.39. The molecule has 0 aliphatic rings. The van der Waals surface area contributed by atoms with Crippen molar-refractivity contribution in [3.8, 4) is 22.5 Å². The molecule has 2 aromatic heterocycles. The Morgan fingerprint density at radius 1 is 0.677 bits per heavy atom. The highest BCUT2D eigenvalue weighted by Gasteiger charge is 2.36. The Labute approximate surface area is 185 Å². The van der Waals surface area contributed by atoms with Crippen molar-refractivity contribution >= 4 is 22.6 Å². The summed E-state index contributed by atoms with van der Waals surface area (Å²) in [7, 11) is 0. The summed E-state index contributed by atoms with van der Waals surface area (Å²) in [6, 6.07) is 18.4. The number of nitrogens with one attached hydrogen (secondary N) is 2. The number of aromatic amines is 2. The predicted octanol–water partition coefficient (Wildman–Crippen LogP) is 6.80. The third kappa shape index (κ3) is 5.66. The van der Waals surface area contributed by atoms with Crippen molar-refractivity contribution in [2.45, 2.75) is 12.4 Å². The number of halogens is 7. The van der Waals surface area contributed by atoms with Crippen LogP contribution in [0.25, 0.3) is 22.5 Å². The summed E-state index contributed by atoms with van der Waals surface area (Å²) < 4.78 is 74.3. The van der Waals surface area contributed by atoms with E-state index in [1.165, 1.54) is 0 Å². The van der Waals surface area contributed by atoms with E-state index in [9.17, 15) is 26.3 Å².